The van der Waals surface area contributed by atoms with Gasteiger partial charge in [0.25, 0.3) is 0 Å². The summed E-state index contributed by atoms with van der Waals surface area (Å²) in [4.78, 5) is 1.90. The molecule has 0 saturated carbocycles. The molecule has 0 fully saturated rings. The molecule has 0 aromatic heterocycles. The highest BCUT2D eigenvalue weighted by Gasteiger charge is 2.15. The molecule has 1 heterocycles. The number of rotatable bonds is 0. The lowest BCUT2D eigenvalue weighted by Gasteiger charge is -2.11. The van der Waals surface area contributed by atoms with Gasteiger partial charge in [0.2, 0.25) is 0 Å². The summed E-state index contributed by atoms with van der Waals surface area (Å²) in [5, 5.41) is 0. The van der Waals surface area contributed by atoms with Crippen molar-refractivity contribution in [3.8, 4) is 0 Å². The minimum Gasteiger partial charge on any atom is -0.401 e. The quantitative estimate of drug-likeness (QED) is 0.388. The van der Waals surface area contributed by atoms with Crippen LogP contribution in [0.3, 0.4) is 0 Å². The zero-order chi connectivity index (χ0) is 6.15. The van der Waals surface area contributed by atoms with Crippen molar-refractivity contribution >= 4 is 11.6 Å². The van der Waals surface area contributed by atoms with Crippen LogP contribution in [0.5, 0.6) is 0 Å². The summed E-state index contributed by atoms with van der Waals surface area (Å²) in [7, 11) is 1.91. The predicted octanol–water partition coefficient (Wildman–Crippen LogP) is 0.687. The Bertz CT molecular complexity index is 122. The smallest absolute Gasteiger partial charge is 0.109 e. The fourth-order valence-electron chi connectivity index (χ4n) is 0.734. The Labute approximate surface area is 53.9 Å². The van der Waals surface area contributed by atoms with Crippen molar-refractivity contribution in [2.45, 2.75) is 11.9 Å². The topological polar surface area (TPSA) is 29.3 Å². The first-order valence-electron chi connectivity index (χ1n) is 2.52. The molecule has 1 rings (SSSR count). The molecule has 3 heteroatoms. The van der Waals surface area contributed by atoms with Crippen molar-refractivity contribution in [3.05, 3.63) is 11.9 Å². The van der Waals surface area contributed by atoms with Crippen LogP contribution in [0.4, 0.5) is 0 Å². The van der Waals surface area contributed by atoms with E-state index in [1.54, 1.807) is 0 Å². The van der Waals surface area contributed by atoms with Gasteiger partial charge < -0.3 is 10.6 Å². The average molecular weight is 133 g/mol. The average Bonchev–Trinajstić information content (AvgIpc) is 1.85. The molecular weight excluding hydrogens is 124 g/mol. The molecule has 0 aliphatic carbocycles. The van der Waals surface area contributed by atoms with Crippen molar-refractivity contribution in [2.24, 2.45) is 5.73 Å². The molecule has 0 amide bonds. The van der Waals surface area contributed by atoms with E-state index >= 15 is 0 Å². The van der Waals surface area contributed by atoms with Crippen LogP contribution in [0.25, 0.3) is 0 Å². The van der Waals surface area contributed by atoms with E-state index in [4.69, 9.17) is 17.3 Å². The summed E-state index contributed by atoms with van der Waals surface area (Å²) in [6, 6.07) is 0. The molecule has 46 valence electrons. The summed E-state index contributed by atoms with van der Waals surface area (Å²) < 4.78 is 0. The standard InChI is InChI=1S/C5H9ClN2/c1-8-3-4(7)2-5(8)6/h3,5H,2,7H2,1H3. The Kier molecular flexibility index (Phi) is 1.34. The molecule has 0 saturated heterocycles. The van der Waals surface area contributed by atoms with Gasteiger partial charge in [-0.25, -0.2) is 0 Å². The normalized spacial score (nSPS) is 28.5. The lowest BCUT2D eigenvalue weighted by atomic mass is 10.4. The van der Waals surface area contributed by atoms with E-state index in [0.717, 1.165) is 12.1 Å². The van der Waals surface area contributed by atoms with Gasteiger partial charge in [0.15, 0.2) is 0 Å². The first kappa shape index (κ1) is 5.76. The van der Waals surface area contributed by atoms with Gasteiger partial charge in [0, 0.05) is 25.4 Å². The monoisotopic (exact) mass is 132 g/mol. The maximum Gasteiger partial charge on any atom is 0.109 e. The Hall–Kier alpha value is -0.370. The molecule has 8 heavy (non-hydrogen) atoms. The lowest BCUT2D eigenvalue weighted by molar-refractivity contribution is 0.453. The zero-order valence-corrected chi connectivity index (χ0v) is 5.52. The molecule has 0 spiro atoms. The maximum absolute atomic E-state index is 5.75. The van der Waals surface area contributed by atoms with E-state index in [0.29, 0.717) is 0 Å². The van der Waals surface area contributed by atoms with Gasteiger partial charge >= 0.3 is 0 Å². The van der Waals surface area contributed by atoms with Crippen molar-refractivity contribution < 1.29 is 0 Å². The van der Waals surface area contributed by atoms with Gasteiger partial charge in [-0.15, -0.1) is 0 Å². The molecule has 0 aromatic carbocycles. The van der Waals surface area contributed by atoms with E-state index in [-0.39, 0.29) is 5.50 Å². The third-order valence-electron chi connectivity index (χ3n) is 1.22. The highest BCUT2D eigenvalue weighted by Crippen LogP contribution is 2.18. The van der Waals surface area contributed by atoms with Gasteiger partial charge in [0.05, 0.1) is 0 Å². The summed E-state index contributed by atoms with van der Waals surface area (Å²) in [6.07, 6.45) is 2.65. The van der Waals surface area contributed by atoms with Crippen molar-refractivity contribution in [1.82, 2.24) is 4.90 Å². The molecule has 1 aliphatic heterocycles. The van der Waals surface area contributed by atoms with Crippen LogP contribution >= 0.6 is 11.6 Å². The first-order chi connectivity index (χ1) is 3.70. The third-order valence-corrected chi connectivity index (χ3v) is 1.68. The summed E-state index contributed by atoms with van der Waals surface area (Å²) in [5.41, 5.74) is 6.40. The molecule has 2 nitrogen and oxygen atoms in total. The minimum absolute atomic E-state index is 0.0787. The molecular formula is C5H9ClN2. The SMILES string of the molecule is CN1C=C(N)CC1Cl. The number of alkyl halides is 1. The highest BCUT2D eigenvalue weighted by molar-refractivity contribution is 6.20. The highest BCUT2D eigenvalue weighted by atomic mass is 35.5. The maximum atomic E-state index is 5.75. The minimum atomic E-state index is 0.0787. The fraction of sp³-hybridized carbons (Fsp3) is 0.600. The van der Waals surface area contributed by atoms with Crippen molar-refractivity contribution in [3.63, 3.8) is 0 Å². The van der Waals surface area contributed by atoms with Crippen molar-refractivity contribution in [1.29, 1.82) is 0 Å². The molecule has 1 unspecified atom stereocenters. The van der Waals surface area contributed by atoms with Gasteiger partial charge in [-0.1, -0.05) is 11.6 Å². The van der Waals surface area contributed by atoms with Gasteiger partial charge in [0.1, 0.15) is 5.50 Å². The summed E-state index contributed by atoms with van der Waals surface area (Å²) >= 11 is 5.75. The van der Waals surface area contributed by atoms with Crippen LogP contribution in [0.1, 0.15) is 6.42 Å². The van der Waals surface area contributed by atoms with Crippen LogP contribution in [-0.4, -0.2) is 17.4 Å². The third kappa shape index (κ3) is 0.892. The lowest BCUT2D eigenvalue weighted by Crippen LogP contribution is -2.14. The van der Waals surface area contributed by atoms with Gasteiger partial charge in [-0.05, 0) is 0 Å². The summed E-state index contributed by atoms with van der Waals surface area (Å²) in [5.74, 6) is 0. The van der Waals surface area contributed by atoms with E-state index in [1.807, 2.05) is 18.1 Å². The molecule has 0 radical (unpaired) electrons. The van der Waals surface area contributed by atoms with Gasteiger partial charge in [-0.3, -0.25) is 0 Å². The van der Waals surface area contributed by atoms with Crippen molar-refractivity contribution in [2.75, 3.05) is 7.05 Å². The number of nitrogens with zero attached hydrogens (tertiary/aromatic N) is 1. The molecule has 1 aliphatic rings. The predicted molar refractivity (Wildman–Crippen MR) is 34.3 cm³/mol. The molecule has 0 aromatic rings. The number of hydrogen-bond donors (Lipinski definition) is 1. The van der Waals surface area contributed by atoms with Crippen LogP contribution in [0.2, 0.25) is 0 Å². The molecule has 0 bridgehead atoms. The Balaban J connectivity index is 2.56. The second-order valence-corrected chi connectivity index (χ2v) is 2.51. The van der Waals surface area contributed by atoms with Crippen LogP contribution in [0.15, 0.2) is 11.9 Å². The summed E-state index contributed by atoms with van der Waals surface area (Å²) in [6.45, 7) is 0. The van der Waals surface area contributed by atoms with E-state index < -0.39 is 0 Å². The van der Waals surface area contributed by atoms with Crippen LogP contribution in [0, 0.1) is 0 Å². The molecule has 2 N–H and O–H groups in total. The largest absolute Gasteiger partial charge is 0.401 e. The second-order valence-electron chi connectivity index (χ2n) is 2.01. The van der Waals surface area contributed by atoms with E-state index in [2.05, 4.69) is 0 Å². The van der Waals surface area contributed by atoms with Crippen LogP contribution in [-0.2, 0) is 0 Å². The number of hydrogen-bond acceptors (Lipinski definition) is 2. The van der Waals surface area contributed by atoms with E-state index in [9.17, 15) is 0 Å². The first-order valence-corrected chi connectivity index (χ1v) is 2.96. The van der Waals surface area contributed by atoms with Gasteiger partial charge in [-0.2, -0.15) is 0 Å². The van der Waals surface area contributed by atoms with Crippen LogP contribution < -0.4 is 5.73 Å². The number of nitrogens with two attached hydrogens (primary N) is 1. The van der Waals surface area contributed by atoms with E-state index in [1.165, 1.54) is 0 Å². The Morgan fingerprint density at radius 3 is 2.75 bits per heavy atom. The Morgan fingerprint density at radius 2 is 2.62 bits per heavy atom. The Morgan fingerprint density at radius 1 is 2.00 bits per heavy atom. The fourth-order valence-corrected chi connectivity index (χ4v) is 0.968. The molecule has 1 atom stereocenters. The number of halogens is 1. The zero-order valence-electron chi connectivity index (χ0n) is 4.76. The second kappa shape index (κ2) is 1.86.